The second-order valence-electron chi connectivity index (χ2n) is 32.6. The third-order valence-electron chi connectivity index (χ3n) is 25.7. The van der Waals surface area contributed by atoms with Gasteiger partial charge in [0.05, 0.1) is 112 Å². The highest BCUT2D eigenvalue weighted by Gasteiger charge is 2.35. The van der Waals surface area contributed by atoms with Crippen molar-refractivity contribution in [2.75, 3.05) is 0 Å². The van der Waals surface area contributed by atoms with Crippen LogP contribution >= 0.6 is 0 Å². The largest absolute Gasteiger partial charge is 0.296 e. The maximum atomic E-state index is 8.41. The van der Waals surface area contributed by atoms with E-state index in [9.17, 15) is 0 Å². The monoisotopic (exact) mass is 1540 g/mol. The lowest BCUT2D eigenvalue weighted by Crippen LogP contribution is -2.32. The molecule has 0 bridgehead atoms. The molecule has 13 nitrogen and oxygen atoms in total. The fourth-order valence-corrected chi connectivity index (χ4v) is 19.4. The van der Waals surface area contributed by atoms with Gasteiger partial charge in [0.1, 0.15) is 50.1 Å². The number of imidazole rings is 4. The van der Waals surface area contributed by atoms with Gasteiger partial charge in [0.15, 0.2) is 24.1 Å². The summed E-state index contributed by atoms with van der Waals surface area (Å²) in [6.45, 7) is 12.7. The molecule has 0 N–H and O–H groups in total. The van der Waals surface area contributed by atoms with Crippen molar-refractivity contribution in [3.05, 3.63) is 351 Å². The molecular weight excluding hydrogens is 1440 g/mol. The van der Waals surface area contributed by atoms with E-state index >= 15 is 0 Å². The zero-order valence-corrected chi connectivity index (χ0v) is 68.3. The van der Waals surface area contributed by atoms with Crippen molar-refractivity contribution in [3.63, 3.8) is 0 Å². The molecule has 0 saturated carbocycles. The highest BCUT2D eigenvalue weighted by atomic mass is 15.1. The molecule has 8 aromatic heterocycles. The van der Waals surface area contributed by atoms with Gasteiger partial charge in [0.2, 0.25) is 17.1 Å². The van der Waals surface area contributed by atoms with Crippen LogP contribution in [-0.4, -0.2) is 43.2 Å². The Labute approximate surface area is 694 Å². The molecule has 0 aliphatic carbocycles. The van der Waals surface area contributed by atoms with E-state index in [2.05, 4.69) is 273 Å². The molecule has 4 aliphatic heterocycles. The number of benzene rings is 12. The van der Waals surface area contributed by atoms with E-state index in [-0.39, 0.29) is 0 Å². The van der Waals surface area contributed by atoms with Crippen LogP contribution in [0.15, 0.2) is 249 Å². The van der Waals surface area contributed by atoms with Crippen LogP contribution < -0.4 is 18.3 Å². The Kier molecular flexibility index (Phi) is 15.2. The predicted octanol–water partition coefficient (Wildman–Crippen LogP) is 20.8. The zero-order chi connectivity index (χ0) is 85.5. The standard InChI is InChI=1S/2C27H24N3.C26H22N3.C25H21N4/c2*1-16-9-10-20-19(13-16)11-12-29(4)27(20)22-14-25-21(17(2)18(22)3)15-26-28-23-7-5-6-8-24(23)30(25)26;1-16-17(2)21(26-19-9-5-4-8-18(19)12-13-28(26)3)14-24-20(16)15-25-27-22-10-6-7-11-23(22)29(24)25;1-15-16(2)19(25-17-8-4-5-9-20(17)26-14-28(25)3)12-23-18(15)13-24-27-21-10-6-7-11-22(21)29(23)24/h2*5-14H,15H2,1-4H3;4-14H,15H2,1-3H3;4-12,14H,13H2,1-3H3/q4*+1/i2D3;;1D3;. The van der Waals surface area contributed by atoms with Crippen LogP contribution in [0.1, 0.15) is 109 Å². The Bertz CT molecular complexity index is 8010. The molecule has 4 aliphatic rings. The van der Waals surface area contributed by atoms with Crippen molar-refractivity contribution in [1.82, 2.24) is 43.2 Å². The van der Waals surface area contributed by atoms with Gasteiger partial charge in [-0.1, -0.05) is 114 Å². The first kappa shape index (κ1) is 65.4. The van der Waals surface area contributed by atoms with Crippen molar-refractivity contribution >= 4 is 87.4 Å². The fraction of sp³-hybridized carbons (Fsp3) is 0.171. The third kappa shape index (κ3) is 11.1. The number of hydrogen-bond acceptors (Lipinski definition) is 5. The zero-order valence-electron chi connectivity index (χ0n) is 74.3. The maximum Gasteiger partial charge on any atom is 0.287 e. The first-order valence-corrected chi connectivity index (χ1v) is 40.6. The molecular formula is C105H91N13+4. The highest BCUT2D eigenvalue weighted by molar-refractivity contribution is 5.99. The molecule has 20 aromatic rings. The number of pyridine rings is 3. The summed E-state index contributed by atoms with van der Waals surface area (Å²) in [5.41, 5.74) is 37.7. The number of hydrogen-bond donors (Lipinski definition) is 0. The first-order chi connectivity index (χ1) is 59.7. The molecule has 0 radical (unpaired) electrons. The van der Waals surface area contributed by atoms with E-state index in [0.717, 1.165) is 152 Å². The molecule has 0 amide bonds. The molecule has 0 saturated heterocycles. The summed E-state index contributed by atoms with van der Waals surface area (Å²) in [7, 11) is 8.26. The van der Waals surface area contributed by atoms with Crippen LogP contribution in [0.4, 0.5) is 0 Å². The van der Waals surface area contributed by atoms with E-state index in [4.69, 9.17) is 28.2 Å². The maximum absolute atomic E-state index is 8.41. The molecule has 0 spiro atoms. The second-order valence-corrected chi connectivity index (χ2v) is 32.6. The number of aromatic nitrogens is 13. The number of rotatable bonds is 4. The molecule has 12 aromatic carbocycles. The Hall–Kier alpha value is -13.9. The fourth-order valence-electron chi connectivity index (χ4n) is 19.4. The molecule has 118 heavy (non-hydrogen) atoms. The van der Waals surface area contributed by atoms with Gasteiger partial charge in [0.25, 0.3) is 6.33 Å². The minimum atomic E-state index is -2.22. The average Bonchev–Trinajstić information content (AvgIpc) is 1.54. The topological polar surface area (TPSA) is 99.7 Å². The smallest absolute Gasteiger partial charge is 0.287 e. The molecule has 0 fully saturated rings. The SMILES string of the molecule is Cc1c(-c2c3ccccc3nc[n+]2C)cc2c(c1C)Cc1nc3ccccc3n1-2.Cc1ccc2c(-c3cc4c(c(C)c3C)Cc3nc5ccccc5n3-4)[n+](C)ccc2c1.[2H]C([2H])([2H])c1c(C)c(-c2c3ccc(C)cc3cc[n+]2C)cc2c1Cc1nc3ccccc3n1-2.[2H]C([2H])([2H])c1c(C)c(-c2c3ccccc3cc[n+]2C)cc2c1Cc1nc3ccccc3n1-2. The van der Waals surface area contributed by atoms with Crippen molar-refractivity contribution < 1.29 is 26.5 Å². The first-order valence-electron chi connectivity index (χ1n) is 43.6. The number of aryl methyl sites for hydroxylation is 6. The molecule has 0 atom stereocenters. The average molecular weight is 1540 g/mol. The normalized spacial score (nSPS) is 13.5. The summed E-state index contributed by atoms with van der Waals surface area (Å²) in [4.78, 5) is 24.0. The van der Waals surface area contributed by atoms with E-state index in [1.165, 1.54) is 106 Å². The quantitative estimate of drug-likeness (QED) is 0.163. The number of nitrogens with zero attached hydrogens (tertiary/aromatic N) is 13. The van der Waals surface area contributed by atoms with Crippen LogP contribution in [-0.2, 0) is 53.9 Å². The Morgan fingerprint density at radius 2 is 0.576 bits per heavy atom. The van der Waals surface area contributed by atoms with E-state index in [0.29, 0.717) is 24.0 Å². The van der Waals surface area contributed by atoms with Crippen molar-refractivity contribution in [3.8, 4) is 67.8 Å². The highest BCUT2D eigenvalue weighted by Crippen LogP contribution is 2.46. The summed E-state index contributed by atoms with van der Waals surface area (Å²) in [6.07, 6.45) is 11.0. The van der Waals surface area contributed by atoms with Gasteiger partial charge in [-0.2, -0.15) is 0 Å². The molecule has 0 unspecified atom stereocenters. The molecule has 13 heteroatoms. The Morgan fingerprint density at radius 3 is 0.949 bits per heavy atom. The summed E-state index contributed by atoms with van der Waals surface area (Å²) in [5.74, 6) is 4.06. The van der Waals surface area contributed by atoms with E-state index in [1.54, 1.807) is 0 Å². The van der Waals surface area contributed by atoms with Crippen molar-refractivity contribution in [2.24, 2.45) is 28.2 Å². The van der Waals surface area contributed by atoms with Gasteiger partial charge in [-0.3, -0.25) is 18.3 Å². The van der Waals surface area contributed by atoms with Gasteiger partial charge in [-0.05, 0) is 260 Å². The van der Waals surface area contributed by atoms with Crippen LogP contribution in [0.25, 0.3) is 155 Å². The minimum Gasteiger partial charge on any atom is -0.296 e. The lowest BCUT2D eigenvalue weighted by Gasteiger charge is -2.16. The number of fused-ring (bicyclic) bond motifs is 24. The summed E-state index contributed by atoms with van der Waals surface area (Å²) < 4.78 is 67.9. The second kappa shape index (κ2) is 27.4. The van der Waals surface area contributed by atoms with Crippen molar-refractivity contribution in [2.45, 2.75) is 94.8 Å². The van der Waals surface area contributed by atoms with Gasteiger partial charge in [-0.25, -0.2) is 38.2 Å². The lowest BCUT2D eigenvalue weighted by molar-refractivity contribution is -0.662. The predicted molar refractivity (Wildman–Crippen MR) is 477 cm³/mol. The summed E-state index contributed by atoms with van der Waals surface area (Å²) in [5, 5.41) is 8.24. The van der Waals surface area contributed by atoms with E-state index < -0.39 is 13.7 Å². The minimum absolute atomic E-state index is 0.451. The van der Waals surface area contributed by atoms with Gasteiger partial charge in [0, 0.05) is 57.7 Å². The summed E-state index contributed by atoms with van der Waals surface area (Å²) in [6, 6.07) is 78.2. The Morgan fingerprint density at radius 1 is 0.280 bits per heavy atom. The third-order valence-corrected chi connectivity index (χ3v) is 25.7. The van der Waals surface area contributed by atoms with Gasteiger partial charge >= 0.3 is 0 Å². The summed E-state index contributed by atoms with van der Waals surface area (Å²) >= 11 is 0. The lowest BCUT2D eigenvalue weighted by atomic mass is 9.91. The van der Waals surface area contributed by atoms with Crippen LogP contribution in [0.2, 0.25) is 0 Å². The van der Waals surface area contributed by atoms with Crippen LogP contribution in [0.3, 0.4) is 0 Å². The molecule has 572 valence electrons. The molecule has 24 rings (SSSR count). The van der Waals surface area contributed by atoms with Gasteiger partial charge < -0.3 is 0 Å². The van der Waals surface area contributed by atoms with Gasteiger partial charge in [-0.15, -0.1) is 0 Å². The van der Waals surface area contributed by atoms with Crippen molar-refractivity contribution in [1.29, 1.82) is 0 Å². The molecule has 12 heterocycles. The van der Waals surface area contributed by atoms with Crippen LogP contribution in [0.5, 0.6) is 0 Å². The Balaban J connectivity index is 0.000000101. The van der Waals surface area contributed by atoms with Crippen LogP contribution in [0, 0.1) is 69.1 Å². The number of para-hydroxylation sites is 9. The van der Waals surface area contributed by atoms with E-state index in [1.807, 2.05) is 101 Å².